The van der Waals surface area contributed by atoms with E-state index in [9.17, 15) is 9.59 Å². The maximum atomic E-state index is 12.8. The van der Waals surface area contributed by atoms with Crippen molar-refractivity contribution >= 4 is 44.7 Å². The van der Waals surface area contributed by atoms with Gasteiger partial charge in [0.2, 0.25) is 0 Å². The third-order valence-corrected chi connectivity index (χ3v) is 3.98. The van der Waals surface area contributed by atoms with Gasteiger partial charge in [-0.15, -0.1) is 0 Å². The summed E-state index contributed by atoms with van der Waals surface area (Å²) in [7, 11) is 0. The van der Waals surface area contributed by atoms with Crippen molar-refractivity contribution in [2.24, 2.45) is 0 Å². The standard InChI is InChI=1S/C20H25BrN2O4/c1-19(2,3)26-17(24)23(18(25)27-20(4,5)6)16-15-11-13(12-21)7-8-14(15)9-10-22-16/h7-11H,12H2,1-6H3. The lowest BCUT2D eigenvalue weighted by molar-refractivity contribution is 0.0429. The molecule has 7 heteroatoms. The van der Waals surface area contributed by atoms with Gasteiger partial charge in [-0.05, 0) is 64.6 Å². The first-order valence-corrected chi connectivity index (χ1v) is 9.73. The van der Waals surface area contributed by atoms with E-state index in [0.717, 1.165) is 15.8 Å². The summed E-state index contributed by atoms with van der Waals surface area (Å²) in [4.78, 5) is 30.8. The summed E-state index contributed by atoms with van der Waals surface area (Å²) < 4.78 is 10.9. The highest BCUT2D eigenvalue weighted by Crippen LogP contribution is 2.29. The van der Waals surface area contributed by atoms with Crippen LogP contribution in [0.3, 0.4) is 0 Å². The van der Waals surface area contributed by atoms with Gasteiger partial charge in [-0.3, -0.25) is 0 Å². The molecule has 2 rings (SSSR count). The number of imide groups is 1. The second-order valence-corrected chi connectivity index (χ2v) is 8.68. The van der Waals surface area contributed by atoms with Crippen LogP contribution in [-0.2, 0) is 14.8 Å². The third kappa shape index (κ3) is 5.66. The Hall–Kier alpha value is -2.15. The molecule has 0 spiro atoms. The molecular formula is C20H25BrN2O4. The molecule has 1 heterocycles. The molecule has 0 radical (unpaired) electrons. The smallest absolute Gasteiger partial charge is 0.425 e. The third-order valence-electron chi connectivity index (χ3n) is 3.33. The lowest BCUT2D eigenvalue weighted by Gasteiger charge is -2.28. The molecule has 0 aliphatic rings. The molecule has 1 aromatic carbocycles. The predicted molar refractivity (Wildman–Crippen MR) is 109 cm³/mol. The van der Waals surface area contributed by atoms with Crippen LogP contribution in [0.5, 0.6) is 0 Å². The van der Waals surface area contributed by atoms with Crippen LogP contribution in [0.15, 0.2) is 30.5 Å². The van der Waals surface area contributed by atoms with E-state index < -0.39 is 23.4 Å². The van der Waals surface area contributed by atoms with Gasteiger partial charge in [0.15, 0.2) is 5.82 Å². The van der Waals surface area contributed by atoms with Gasteiger partial charge >= 0.3 is 12.2 Å². The van der Waals surface area contributed by atoms with Crippen LogP contribution in [0, 0.1) is 0 Å². The maximum absolute atomic E-state index is 12.8. The number of hydrogen-bond donors (Lipinski definition) is 0. The van der Waals surface area contributed by atoms with Crippen LogP contribution in [0.1, 0.15) is 47.1 Å². The molecule has 0 saturated carbocycles. The summed E-state index contributed by atoms with van der Waals surface area (Å²) in [5.74, 6) is 0.179. The van der Waals surface area contributed by atoms with E-state index >= 15 is 0 Å². The topological polar surface area (TPSA) is 68.7 Å². The van der Waals surface area contributed by atoms with E-state index in [2.05, 4.69) is 20.9 Å². The summed E-state index contributed by atoms with van der Waals surface area (Å²) in [6, 6.07) is 7.58. The second-order valence-electron chi connectivity index (χ2n) is 8.12. The molecule has 0 atom stereocenters. The van der Waals surface area contributed by atoms with E-state index in [1.165, 1.54) is 0 Å². The molecule has 2 aromatic rings. The average Bonchev–Trinajstić information content (AvgIpc) is 2.51. The zero-order chi connectivity index (χ0) is 20.4. The van der Waals surface area contributed by atoms with Gasteiger partial charge in [0.1, 0.15) is 11.2 Å². The minimum absolute atomic E-state index is 0.179. The number of carbonyl (C=O) groups excluding carboxylic acids is 2. The Morgan fingerprint density at radius 3 is 2.04 bits per heavy atom. The van der Waals surface area contributed by atoms with Crippen molar-refractivity contribution in [2.45, 2.75) is 58.1 Å². The number of ether oxygens (including phenoxy) is 2. The minimum Gasteiger partial charge on any atom is -0.443 e. The van der Waals surface area contributed by atoms with E-state index in [1.54, 1.807) is 47.7 Å². The van der Waals surface area contributed by atoms with Crippen molar-refractivity contribution < 1.29 is 19.1 Å². The van der Waals surface area contributed by atoms with Crippen LogP contribution in [-0.4, -0.2) is 28.4 Å². The van der Waals surface area contributed by atoms with Gasteiger partial charge < -0.3 is 9.47 Å². The highest BCUT2D eigenvalue weighted by molar-refractivity contribution is 9.08. The average molecular weight is 437 g/mol. The van der Waals surface area contributed by atoms with Gasteiger partial charge in [0, 0.05) is 16.9 Å². The number of fused-ring (bicyclic) bond motifs is 1. The number of benzene rings is 1. The normalized spacial score (nSPS) is 12.0. The van der Waals surface area contributed by atoms with Crippen molar-refractivity contribution in [1.82, 2.24) is 4.98 Å². The highest BCUT2D eigenvalue weighted by atomic mass is 79.9. The zero-order valence-electron chi connectivity index (χ0n) is 16.5. The summed E-state index contributed by atoms with van der Waals surface area (Å²) in [5, 5.41) is 2.14. The number of pyridine rings is 1. The quantitative estimate of drug-likeness (QED) is 0.555. The van der Waals surface area contributed by atoms with Crippen LogP contribution in [0.2, 0.25) is 0 Å². The minimum atomic E-state index is -0.832. The molecule has 6 nitrogen and oxygen atoms in total. The van der Waals surface area contributed by atoms with Crippen molar-refractivity contribution in [2.75, 3.05) is 4.90 Å². The Labute approximate surface area is 168 Å². The Balaban J connectivity index is 2.60. The molecule has 0 saturated heterocycles. The van der Waals surface area contributed by atoms with Gasteiger partial charge in [0.05, 0.1) is 0 Å². The van der Waals surface area contributed by atoms with Gasteiger partial charge in [0.25, 0.3) is 0 Å². The molecule has 146 valence electrons. The fourth-order valence-electron chi connectivity index (χ4n) is 2.32. The number of hydrogen-bond acceptors (Lipinski definition) is 5. The van der Waals surface area contributed by atoms with Crippen LogP contribution >= 0.6 is 15.9 Å². The number of aromatic nitrogens is 1. The molecule has 0 fully saturated rings. The zero-order valence-corrected chi connectivity index (χ0v) is 18.1. The predicted octanol–water partition coefficient (Wildman–Crippen LogP) is 5.81. The van der Waals surface area contributed by atoms with Crippen molar-refractivity contribution in [3.63, 3.8) is 0 Å². The summed E-state index contributed by atoms with van der Waals surface area (Å²) in [6.07, 6.45) is -0.116. The number of nitrogens with zero attached hydrogens (tertiary/aromatic N) is 2. The second kappa shape index (κ2) is 7.84. The number of amides is 2. The summed E-state index contributed by atoms with van der Waals surface area (Å²) >= 11 is 3.42. The lowest BCUT2D eigenvalue weighted by Crippen LogP contribution is -2.44. The molecule has 0 aliphatic carbocycles. The first-order chi connectivity index (χ1) is 12.4. The van der Waals surface area contributed by atoms with E-state index in [4.69, 9.17) is 9.47 Å². The van der Waals surface area contributed by atoms with Crippen LogP contribution < -0.4 is 4.90 Å². The monoisotopic (exact) mass is 436 g/mol. The SMILES string of the molecule is CC(C)(C)OC(=O)N(C(=O)OC(C)(C)C)c1nccc2ccc(CBr)cc12. The number of rotatable bonds is 2. The van der Waals surface area contributed by atoms with E-state index in [1.807, 2.05) is 24.3 Å². The van der Waals surface area contributed by atoms with Gasteiger partial charge in [-0.25, -0.2) is 14.6 Å². The highest BCUT2D eigenvalue weighted by Gasteiger charge is 2.34. The van der Waals surface area contributed by atoms with Gasteiger partial charge in [-0.2, -0.15) is 4.90 Å². The fourth-order valence-corrected chi connectivity index (χ4v) is 2.67. The molecule has 0 N–H and O–H groups in total. The van der Waals surface area contributed by atoms with Crippen molar-refractivity contribution in [3.8, 4) is 0 Å². The molecule has 0 unspecified atom stereocenters. The molecule has 0 bridgehead atoms. The van der Waals surface area contributed by atoms with Gasteiger partial charge in [-0.1, -0.05) is 28.1 Å². The Morgan fingerprint density at radius 1 is 1.00 bits per heavy atom. The largest absolute Gasteiger partial charge is 0.443 e. The van der Waals surface area contributed by atoms with E-state index in [-0.39, 0.29) is 5.82 Å². The molecule has 1 aromatic heterocycles. The Morgan fingerprint density at radius 2 is 1.56 bits per heavy atom. The Kier molecular flexibility index (Phi) is 6.14. The first-order valence-electron chi connectivity index (χ1n) is 8.61. The van der Waals surface area contributed by atoms with Crippen molar-refractivity contribution in [3.05, 3.63) is 36.0 Å². The molecule has 27 heavy (non-hydrogen) atoms. The first kappa shape index (κ1) is 21.2. The summed E-state index contributed by atoms with van der Waals surface area (Å²) in [5.41, 5.74) is -0.559. The van der Waals surface area contributed by atoms with Crippen molar-refractivity contribution in [1.29, 1.82) is 0 Å². The summed E-state index contributed by atoms with van der Waals surface area (Å²) in [6.45, 7) is 10.4. The fraction of sp³-hybridized carbons (Fsp3) is 0.450. The number of anilines is 1. The number of alkyl halides is 1. The Bertz CT molecular complexity index is 825. The molecular weight excluding hydrogens is 412 g/mol. The maximum Gasteiger partial charge on any atom is 0.425 e. The van der Waals surface area contributed by atoms with Crippen LogP contribution in [0.4, 0.5) is 15.4 Å². The lowest BCUT2D eigenvalue weighted by atomic mass is 10.1. The number of carbonyl (C=O) groups is 2. The molecule has 2 amide bonds. The van der Waals surface area contributed by atoms with E-state index in [0.29, 0.717) is 10.7 Å². The number of halogens is 1. The molecule has 0 aliphatic heterocycles. The van der Waals surface area contributed by atoms with Crippen LogP contribution in [0.25, 0.3) is 10.8 Å².